The highest BCUT2D eigenvalue weighted by molar-refractivity contribution is 5.95. The van der Waals surface area contributed by atoms with E-state index >= 15 is 0 Å². The Balaban J connectivity index is 1.14. The van der Waals surface area contributed by atoms with Gasteiger partial charge in [-0.25, -0.2) is 0 Å². The molecule has 4 heterocycles. The molecule has 2 bridgehead atoms. The van der Waals surface area contributed by atoms with Crippen LogP contribution in [0.1, 0.15) is 42.5 Å². The molecular weight excluding hydrogens is 358 g/mol. The van der Waals surface area contributed by atoms with Crippen molar-refractivity contribution in [3.8, 4) is 11.5 Å². The largest absolute Gasteiger partial charge is 0.454 e. The number of nitrogens with one attached hydrogen (secondary N) is 1. The highest BCUT2D eigenvalue weighted by Gasteiger charge is 2.35. The average molecular weight is 385 g/mol. The maximum absolute atomic E-state index is 12.8. The standard InChI is InChI=1S/C21H27N3O4/c25-20(11-14-9-16-2-3-17(10-14)22-16)23-5-7-24(8-6-23)21(26)15-1-4-18-19(12-15)28-13-27-18/h1,4,12,14,16-17,22H,2-3,5-11,13H2. The molecule has 1 N–H and O–H groups in total. The van der Waals surface area contributed by atoms with Gasteiger partial charge in [-0.2, -0.15) is 0 Å². The van der Waals surface area contributed by atoms with Gasteiger partial charge in [-0.3, -0.25) is 9.59 Å². The van der Waals surface area contributed by atoms with E-state index < -0.39 is 0 Å². The number of piperidine rings is 1. The highest BCUT2D eigenvalue weighted by Crippen LogP contribution is 2.34. The Labute approximate surface area is 165 Å². The average Bonchev–Trinajstić information content (AvgIpc) is 3.32. The van der Waals surface area contributed by atoms with Gasteiger partial charge in [0.15, 0.2) is 11.5 Å². The number of ether oxygens (including phenoxy) is 2. The first-order valence-corrected chi connectivity index (χ1v) is 10.4. The Bertz CT molecular complexity index is 763. The summed E-state index contributed by atoms with van der Waals surface area (Å²) < 4.78 is 10.7. The number of benzene rings is 1. The molecule has 4 aliphatic heterocycles. The zero-order valence-electron chi connectivity index (χ0n) is 16.1. The van der Waals surface area contributed by atoms with Gasteiger partial charge in [0, 0.05) is 50.2 Å². The Morgan fingerprint density at radius 3 is 2.39 bits per heavy atom. The quantitative estimate of drug-likeness (QED) is 0.856. The SMILES string of the molecule is O=C(CC1CC2CCC(C1)N2)N1CCN(C(=O)c2ccc3c(c2)OCO3)CC1. The summed E-state index contributed by atoms with van der Waals surface area (Å²) in [4.78, 5) is 29.3. The van der Waals surface area contributed by atoms with Crippen molar-refractivity contribution in [1.82, 2.24) is 15.1 Å². The van der Waals surface area contributed by atoms with Gasteiger partial charge in [0.05, 0.1) is 0 Å². The van der Waals surface area contributed by atoms with Crippen molar-refractivity contribution >= 4 is 11.8 Å². The number of fused-ring (bicyclic) bond motifs is 3. The zero-order chi connectivity index (χ0) is 19.1. The minimum absolute atomic E-state index is 0.0136. The van der Waals surface area contributed by atoms with Crippen LogP contribution < -0.4 is 14.8 Å². The van der Waals surface area contributed by atoms with Crippen LogP contribution in [-0.4, -0.2) is 66.7 Å². The lowest BCUT2D eigenvalue weighted by Gasteiger charge is -2.36. The van der Waals surface area contributed by atoms with E-state index in [0.29, 0.717) is 67.7 Å². The molecule has 0 radical (unpaired) electrons. The molecule has 3 fully saturated rings. The van der Waals surface area contributed by atoms with E-state index in [9.17, 15) is 9.59 Å². The first-order chi connectivity index (χ1) is 13.7. The van der Waals surface area contributed by atoms with Crippen LogP contribution in [0.3, 0.4) is 0 Å². The van der Waals surface area contributed by atoms with Crippen molar-refractivity contribution in [3.05, 3.63) is 23.8 Å². The Morgan fingerprint density at radius 1 is 0.964 bits per heavy atom. The smallest absolute Gasteiger partial charge is 0.254 e. The Morgan fingerprint density at radius 2 is 1.64 bits per heavy atom. The lowest BCUT2D eigenvalue weighted by molar-refractivity contribution is -0.134. The van der Waals surface area contributed by atoms with Crippen molar-refractivity contribution in [3.63, 3.8) is 0 Å². The summed E-state index contributed by atoms with van der Waals surface area (Å²) in [7, 11) is 0. The van der Waals surface area contributed by atoms with Gasteiger partial charge >= 0.3 is 0 Å². The van der Waals surface area contributed by atoms with E-state index in [-0.39, 0.29) is 18.6 Å². The molecule has 1 aromatic rings. The molecule has 0 spiro atoms. The van der Waals surface area contributed by atoms with Crippen LogP contribution in [0.2, 0.25) is 0 Å². The van der Waals surface area contributed by atoms with Crippen LogP contribution in [0, 0.1) is 5.92 Å². The van der Waals surface area contributed by atoms with E-state index in [1.165, 1.54) is 12.8 Å². The van der Waals surface area contributed by atoms with Gasteiger partial charge in [0.25, 0.3) is 5.91 Å². The van der Waals surface area contributed by atoms with E-state index in [2.05, 4.69) is 5.32 Å². The van der Waals surface area contributed by atoms with Crippen LogP contribution in [0.25, 0.3) is 0 Å². The first-order valence-electron chi connectivity index (χ1n) is 10.4. The van der Waals surface area contributed by atoms with Gasteiger partial charge in [-0.15, -0.1) is 0 Å². The van der Waals surface area contributed by atoms with Crippen LogP contribution in [-0.2, 0) is 4.79 Å². The second-order valence-corrected chi connectivity index (χ2v) is 8.42. The summed E-state index contributed by atoms with van der Waals surface area (Å²) in [6, 6.07) is 6.54. The number of hydrogen-bond acceptors (Lipinski definition) is 5. The van der Waals surface area contributed by atoms with Crippen LogP contribution in [0.4, 0.5) is 0 Å². The molecule has 150 valence electrons. The Kier molecular flexibility index (Phi) is 4.62. The van der Waals surface area contributed by atoms with Gasteiger partial charge < -0.3 is 24.6 Å². The maximum atomic E-state index is 12.8. The molecule has 1 aromatic carbocycles. The molecule has 4 aliphatic rings. The molecule has 5 rings (SSSR count). The number of carbonyl (C=O) groups excluding carboxylic acids is 2. The van der Waals surface area contributed by atoms with Gasteiger partial charge in [-0.05, 0) is 49.8 Å². The van der Waals surface area contributed by atoms with E-state index in [1.807, 2.05) is 9.80 Å². The van der Waals surface area contributed by atoms with Gasteiger partial charge in [0.2, 0.25) is 12.7 Å². The maximum Gasteiger partial charge on any atom is 0.254 e. The van der Waals surface area contributed by atoms with Crippen molar-refractivity contribution in [2.75, 3.05) is 33.0 Å². The summed E-state index contributed by atoms with van der Waals surface area (Å²) in [5.74, 6) is 2.05. The summed E-state index contributed by atoms with van der Waals surface area (Å²) >= 11 is 0. The monoisotopic (exact) mass is 385 g/mol. The van der Waals surface area contributed by atoms with Gasteiger partial charge in [-0.1, -0.05) is 0 Å². The highest BCUT2D eigenvalue weighted by atomic mass is 16.7. The second kappa shape index (κ2) is 7.28. The van der Waals surface area contributed by atoms with Crippen molar-refractivity contribution in [2.45, 2.75) is 44.2 Å². The third-order valence-electron chi connectivity index (χ3n) is 6.57. The summed E-state index contributed by atoms with van der Waals surface area (Å²) in [6.07, 6.45) is 5.44. The predicted molar refractivity (Wildman–Crippen MR) is 102 cm³/mol. The molecule has 2 unspecified atom stereocenters. The predicted octanol–water partition coefficient (Wildman–Crippen LogP) is 1.62. The van der Waals surface area contributed by atoms with Crippen LogP contribution in [0.5, 0.6) is 11.5 Å². The van der Waals surface area contributed by atoms with Crippen molar-refractivity contribution in [1.29, 1.82) is 0 Å². The van der Waals surface area contributed by atoms with E-state index in [4.69, 9.17) is 9.47 Å². The minimum Gasteiger partial charge on any atom is -0.454 e. The second-order valence-electron chi connectivity index (χ2n) is 8.42. The first kappa shape index (κ1) is 17.8. The zero-order valence-corrected chi connectivity index (χ0v) is 16.1. The fourth-order valence-corrected chi connectivity index (χ4v) is 5.09. The number of carbonyl (C=O) groups is 2. The summed E-state index contributed by atoms with van der Waals surface area (Å²) in [5.41, 5.74) is 0.606. The van der Waals surface area contributed by atoms with E-state index in [1.54, 1.807) is 18.2 Å². The molecular formula is C21H27N3O4. The lowest BCUT2D eigenvalue weighted by Crippen LogP contribution is -2.51. The molecule has 7 heteroatoms. The number of piperazine rings is 1. The molecule has 2 atom stereocenters. The van der Waals surface area contributed by atoms with Gasteiger partial charge in [0.1, 0.15) is 0 Å². The number of rotatable bonds is 3. The topological polar surface area (TPSA) is 71.1 Å². The lowest BCUT2D eigenvalue weighted by atomic mass is 9.89. The molecule has 2 amide bonds. The molecule has 28 heavy (non-hydrogen) atoms. The molecule has 0 aromatic heterocycles. The number of nitrogens with zero attached hydrogens (tertiary/aromatic N) is 2. The Hall–Kier alpha value is -2.28. The normalized spacial score (nSPS) is 28.5. The molecule has 7 nitrogen and oxygen atoms in total. The molecule has 0 aliphatic carbocycles. The third-order valence-corrected chi connectivity index (χ3v) is 6.57. The summed E-state index contributed by atoms with van der Waals surface area (Å²) in [5, 5.41) is 3.64. The van der Waals surface area contributed by atoms with Crippen LogP contribution >= 0.6 is 0 Å². The number of hydrogen-bond donors (Lipinski definition) is 1. The third kappa shape index (κ3) is 3.43. The minimum atomic E-state index is -0.0136. The number of amides is 2. The van der Waals surface area contributed by atoms with Crippen LogP contribution in [0.15, 0.2) is 18.2 Å². The molecule has 0 saturated carbocycles. The fourth-order valence-electron chi connectivity index (χ4n) is 5.09. The van der Waals surface area contributed by atoms with E-state index in [0.717, 1.165) is 12.8 Å². The fraction of sp³-hybridized carbons (Fsp3) is 0.619. The summed E-state index contributed by atoms with van der Waals surface area (Å²) in [6.45, 7) is 2.60. The molecule has 3 saturated heterocycles. The van der Waals surface area contributed by atoms with Crippen molar-refractivity contribution in [2.24, 2.45) is 5.92 Å². The van der Waals surface area contributed by atoms with Crippen molar-refractivity contribution < 1.29 is 19.1 Å².